The zero-order valence-electron chi connectivity index (χ0n) is 19.2. The number of carbonyl (C=O) groups excluding carboxylic acids is 2. The van der Waals surface area contributed by atoms with Crippen molar-refractivity contribution in [3.63, 3.8) is 0 Å². The van der Waals surface area contributed by atoms with Crippen LogP contribution >= 0.6 is 0 Å². The Kier molecular flexibility index (Phi) is 6.40. The summed E-state index contributed by atoms with van der Waals surface area (Å²) < 4.78 is 21.7. The lowest BCUT2D eigenvalue weighted by Crippen LogP contribution is -2.27. The van der Waals surface area contributed by atoms with E-state index in [1.54, 1.807) is 49.4 Å². The number of nitrogens with zero attached hydrogens (tertiary/aromatic N) is 3. The second-order valence-corrected chi connectivity index (χ2v) is 8.02. The predicted octanol–water partition coefficient (Wildman–Crippen LogP) is 4.39. The summed E-state index contributed by atoms with van der Waals surface area (Å²) >= 11 is 0. The van der Waals surface area contributed by atoms with E-state index in [9.17, 15) is 18.8 Å². The molecule has 0 unspecified atom stereocenters. The molecule has 7 nitrogen and oxygen atoms in total. The number of rotatable bonds is 7. The van der Waals surface area contributed by atoms with E-state index in [0.717, 1.165) is 11.4 Å². The van der Waals surface area contributed by atoms with Gasteiger partial charge in [0.2, 0.25) is 5.78 Å². The van der Waals surface area contributed by atoms with Crippen molar-refractivity contribution in [2.75, 3.05) is 6.61 Å². The van der Waals surface area contributed by atoms with E-state index in [2.05, 4.69) is 5.10 Å². The molecule has 2 heterocycles. The maximum absolute atomic E-state index is 13.3. The second-order valence-electron chi connectivity index (χ2n) is 8.02. The van der Waals surface area contributed by atoms with Crippen molar-refractivity contribution < 1.29 is 18.7 Å². The zero-order chi connectivity index (χ0) is 24.4. The van der Waals surface area contributed by atoms with Crippen LogP contribution in [0.15, 0.2) is 59.4 Å². The highest BCUT2D eigenvalue weighted by Gasteiger charge is 2.21. The Morgan fingerprint density at radius 1 is 1.03 bits per heavy atom. The van der Waals surface area contributed by atoms with Gasteiger partial charge < -0.3 is 9.30 Å². The summed E-state index contributed by atoms with van der Waals surface area (Å²) in [5, 5.41) is 4.96. The third-order valence-corrected chi connectivity index (χ3v) is 5.65. The summed E-state index contributed by atoms with van der Waals surface area (Å²) in [5.41, 5.74) is 2.29. The van der Waals surface area contributed by atoms with E-state index in [-0.39, 0.29) is 22.9 Å². The second kappa shape index (κ2) is 9.43. The van der Waals surface area contributed by atoms with Gasteiger partial charge in [-0.15, -0.1) is 0 Å². The van der Waals surface area contributed by atoms with Crippen LogP contribution in [0.4, 0.5) is 4.39 Å². The summed E-state index contributed by atoms with van der Waals surface area (Å²) in [7, 11) is 0. The molecule has 34 heavy (non-hydrogen) atoms. The van der Waals surface area contributed by atoms with Crippen molar-refractivity contribution >= 4 is 22.5 Å². The maximum atomic E-state index is 13.3. The van der Waals surface area contributed by atoms with Crippen LogP contribution in [0.1, 0.15) is 45.6 Å². The van der Waals surface area contributed by atoms with Gasteiger partial charge in [0.05, 0.1) is 5.39 Å². The average molecular weight is 461 g/mol. The number of esters is 1. The number of ketones is 1. The molecule has 0 aliphatic carbocycles. The number of fused-ring (bicyclic) bond motifs is 1. The molecule has 2 aromatic heterocycles. The monoisotopic (exact) mass is 461 g/mol. The Morgan fingerprint density at radius 3 is 2.38 bits per heavy atom. The molecule has 0 saturated heterocycles. The van der Waals surface area contributed by atoms with Crippen LogP contribution in [0.5, 0.6) is 0 Å². The topological polar surface area (TPSA) is 83.2 Å². The van der Waals surface area contributed by atoms with Crippen molar-refractivity contribution in [1.29, 1.82) is 0 Å². The van der Waals surface area contributed by atoms with Gasteiger partial charge in [0.25, 0.3) is 5.56 Å². The Balaban J connectivity index is 1.59. The number of hydrogen-bond donors (Lipinski definition) is 0. The highest BCUT2D eigenvalue weighted by molar-refractivity contribution is 6.04. The molecule has 0 aliphatic heterocycles. The average Bonchev–Trinajstić information content (AvgIpc) is 3.13. The quantitative estimate of drug-likeness (QED) is 0.301. The van der Waals surface area contributed by atoms with Gasteiger partial charge in [0.1, 0.15) is 5.82 Å². The molecule has 0 atom stereocenters. The fourth-order valence-electron chi connectivity index (χ4n) is 4.06. The van der Waals surface area contributed by atoms with E-state index in [0.29, 0.717) is 35.0 Å². The lowest BCUT2D eigenvalue weighted by Gasteiger charge is -2.11. The van der Waals surface area contributed by atoms with E-state index in [1.165, 1.54) is 16.8 Å². The van der Waals surface area contributed by atoms with E-state index < -0.39 is 12.6 Å². The van der Waals surface area contributed by atoms with Crippen LogP contribution in [-0.4, -0.2) is 32.7 Å². The van der Waals surface area contributed by atoms with Gasteiger partial charge in [-0.25, -0.2) is 13.9 Å². The number of Topliss-reactive ketones (excluding diaryl/α,β-unsaturated/α-hetero) is 1. The minimum Gasteiger partial charge on any atom is -0.452 e. The number of hydrogen-bond acceptors (Lipinski definition) is 5. The van der Waals surface area contributed by atoms with Gasteiger partial charge in [-0.1, -0.05) is 25.1 Å². The molecule has 174 valence electrons. The van der Waals surface area contributed by atoms with Crippen LogP contribution in [0, 0.1) is 19.7 Å². The van der Waals surface area contributed by atoms with Crippen LogP contribution < -0.4 is 5.56 Å². The van der Waals surface area contributed by atoms with Crippen LogP contribution in [-0.2, 0) is 11.3 Å². The highest BCUT2D eigenvalue weighted by Crippen LogP contribution is 2.22. The van der Waals surface area contributed by atoms with Gasteiger partial charge in [-0.3, -0.25) is 9.59 Å². The molecule has 0 bridgehead atoms. The number of ether oxygens (including phenoxy) is 1. The van der Waals surface area contributed by atoms with Gasteiger partial charge in [-0.2, -0.15) is 5.10 Å². The van der Waals surface area contributed by atoms with Crippen LogP contribution in [0.2, 0.25) is 0 Å². The van der Waals surface area contributed by atoms with Crippen molar-refractivity contribution in [2.24, 2.45) is 0 Å². The maximum Gasteiger partial charge on any atom is 0.359 e. The molecule has 0 radical (unpaired) electrons. The molecule has 2 aromatic carbocycles. The molecular formula is C26H24FN3O4. The minimum absolute atomic E-state index is 0.00626. The van der Waals surface area contributed by atoms with Crippen molar-refractivity contribution in [1.82, 2.24) is 14.3 Å². The molecule has 0 saturated carbocycles. The Morgan fingerprint density at radius 2 is 1.71 bits per heavy atom. The summed E-state index contributed by atoms with van der Waals surface area (Å²) in [5.74, 6) is -1.50. The van der Waals surface area contributed by atoms with Gasteiger partial charge in [0, 0.05) is 34.6 Å². The van der Waals surface area contributed by atoms with Gasteiger partial charge >= 0.3 is 5.97 Å². The van der Waals surface area contributed by atoms with Gasteiger partial charge in [-0.05, 0) is 56.7 Å². The Hall–Kier alpha value is -4.07. The first-order chi connectivity index (χ1) is 16.3. The van der Waals surface area contributed by atoms with Gasteiger partial charge in [0.15, 0.2) is 12.3 Å². The summed E-state index contributed by atoms with van der Waals surface area (Å²) in [4.78, 5) is 38.4. The molecule has 4 rings (SSSR count). The summed E-state index contributed by atoms with van der Waals surface area (Å²) in [6.07, 6.45) is 0.669. The fourth-order valence-corrected chi connectivity index (χ4v) is 4.06. The smallest absolute Gasteiger partial charge is 0.359 e. The molecule has 0 fully saturated rings. The summed E-state index contributed by atoms with van der Waals surface area (Å²) in [6.45, 7) is 5.41. The standard InChI is InChI=1S/C26H24FN3O4/c1-4-13-29-25(32)21-8-6-5-7-20(21)24(28-29)26(33)34-15-23(31)22-14-16(2)30(17(22)3)19-11-9-18(27)10-12-19/h5-12,14H,4,13,15H2,1-3H3. The third-order valence-electron chi connectivity index (χ3n) is 5.65. The van der Waals surface area contributed by atoms with Crippen LogP contribution in [0.25, 0.3) is 16.5 Å². The molecule has 0 aliphatic rings. The normalized spacial score (nSPS) is 11.1. The summed E-state index contributed by atoms with van der Waals surface area (Å²) in [6, 6.07) is 14.4. The molecule has 0 N–H and O–H groups in total. The first kappa shape index (κ1) is 23.1. The number of benzene rings is 2. The van der Waals surface area contributed by atoms with E-state index in [1.807, 2.05) is 18.4 Å². The number of aromatic nitrogens is 3. The number of carbonyl (C=O) groups is 2. The van der Waals surface area contributed by atoms with Crippen molar-refractivity contribution in [2.45, 2.75) is 33.7 Å². The Labute approximate surface area is 195 Å². The molecule has 0 spiro atoms. The van der Waals surface area contributed by atoms with Crippen LogP contribution in [0.3, 0.4) is 0 Å². The van der Waals surface area contributed by atoms with E-state index in [4.69, 9.17) is 4.74 Å². The number of halogens is 1. The lowest BCUT2D eigenvalue weighted by molar-refractivity contribution is 0.0468. The Bertz CT molecular complexity index is 1450. The SMILES string of the molecule is CCCn1nc(C(=O)OCC(=O)c2cc(C)n(-c3ccc(F)cc3)c2C)c2ccccc2c1=O. The predicted molar refractivity (Wildman–Crippen MR) is 126 cm³/mol. The molecule has 0 amide bonds. The third kappa shape index (κ3) is 4.26. The first-order valence-electron chi connectivity index (χ1n) is 11.0. The fraction of sp³-hybridized carbons (Fsp3) is 0.231. The number of aryl methyl sites for hydroxylation is 2. The molecular weight excluding hydrogens is 437 g/mol. The van der Waals surface area contributed by atoms with Crippen molar-refractivity contribution in [3.05, 3.63) is 93.4 Å². The largest absolute Gasteiger partial charge is 0.452 e. The van der Waals surface area contributed by atoms with E-state index >= 15 is 0 Å². The first-order valence-corrected chi connectivity index (χ1v) is 11.0. The van der Waals surface area contributed by atoms with Crippen molar-refractivity contribution in [3.8, 4) is 5.69 Å². The minimum atomic E-state index is -0.776. The zero-order valence-corrected chi connectivity index (χ0v) is 19.2. The molecule has 8 heteroatoms. The molecule has 4 aromatic rings. The lowest BCUT2D eigenvalue weighted by atomic mass is 10.1. The highest BCUT2D eigenvalue weighted by atomic mass is 19.1.